The highest BCUT2D eigenvalue weighted by atomic mass is 79.9. The Balaban J connectivity index is 1.56. The zero-order valence-electron chi connectivity index (χ0n) is 20.0. The molecule has 0 bridgehead atoms. The van der Waals surface area contributed by atoms with Crippen LogP contribution in [0.1, 0.15) is 5.56 Å². The predicted octanol–water partition coefficient (Wildman–Crippen LogP) is 4.70. The van der Waals surface area contributed by atoms with E-state index in [4.69, 9.17) is 18.9 Å². The van der Waals surface area contributed by atoms with E-state index in [2.05, 4.69) is 40.6 Å². The zero-order valence-corrected chi connectivity index (χ0v) is 22.4. The molecular weight excluding hydrogens is 578 g/mol. The first-order valence-corrected chi connectivity index (χ1v) is 13.4. The molecule has 38 heavy (non-hydrogen) atoms. The van der Waals surface area contributed by atoms with Gasteiger partial charge in [-0.25, -0.2) is 23.4 Å². The summed E-state index contributed by atoms with van der Waals surface area (Å²) in [5.74, 6) is 0.505. The van der Waals surface area contributed by atoms with E-state index in [0.29, 0.717) is 21.5 Å². The summed E-state index contributed by atoms with van der Waals surface area (Å²) in [5.41, 5.74) is 0.713. The molecule has 0 aliphatic rings. The van der Waals surface area contributed by atoms with E-state index in [1.165, 1.54) is 13.2 Å². The molecule has 2 heterocycles. The van der Waals surface area contributed by atoms with Crippen LogP contribution in [0.25, 0.3) is 6.08 Å². The van der Waals surface area contributed by atoms with Gasteiger partial charge in [-0.1, -0.05) is 42.5 Å². The number of hydrogen-bond acceptors (Lipinski definition) is 10. The molecule has 1 N–H and O–H groups in total. The van der Waals surface area contributed by atoms with Crippen LogP contribution in [0, 0.1) is 0 Å². The fourth-order valence-corrected chi connectivity index (χ4v) is 4.01. The topological polar surface area (TPSA) is 135 Å². The molecule has 4 rings (SSSR count). The van der Waals surface area contributed by atoms with Crippen molar-refractivity contribution < 1.29 is 27.4 Å². The maximum absolute atomic E-state index is 12.8. The maximum Gasteiger partial charge on any atom is 0.316 e. The zero-order chi connectivity index (χ0) is 26.8. The van der Waals surface area contributed by atoms with Crippen molar-refractivity contribution in [1.29, 1.82) is 0 Å². The van der Waals surface area contributed by atoms with Crippen LogP contribution in [0.2, 0.25) is 0 Å². The molecule has 0 unspecified atom stereocenters. The number of nitrogens with zero attached hydrogens (tertiary/aromatic N) is 4. The molecule has 4 aromatic rings. The number of nitrogens with one attached hydrogen (secondary N) is 1. The van der Waals surface area contributed by atoms with Gasteiger partial charge in [-0.15, -0.1) is 0 Å². The summed E-state index contributed by atoms with van der Waals surface area (Å²) in [4.78, 5) is 16.3. The van der Waals surface area contributed by atoms with Crippen molar-refractivity contribution in [2.45, 2.75) is 0 Å². The van der Waals surface area contributed by atoms with E-state index in [1.54, 1.807) is 60.9 Å². The molecule has 0 aliphatic heterocycles. The van der Waals surface area contributed by atoms with Crippen LogP contribution in [0.4, 0.5) is 5.82 Å². The fourth-order valence-electron chi connectivity index (χ4n) is 2.99. The van der Waals surface area contributed by atoms with Crippen molar-refractivity contribution in [3.63, 3.8) is 0 Å². The molecule has 2 aromatic carbocycles. The number of halogens is 1. The normalized spacial score (nSPS) is 11.2. The summed E-state index contributed by atoms with van der Waals surface area (Å²) < 4.78 is 51.4. The second-order valence-electron chi connectivity index (χ2n) is 7.35. The lowest BCUT2D eigenvalue weighted by Gasteiger charge is -2.16. The lowest BCUT2D eigenvalue weighted by atomic mass is 10.2. The molecular formula is C25H22BrN5O6S. The van der Waals surface area contributed by atoms with Crippen LogP contribution in [0.15, 0.2) is 83.2 Å². The van der Waals surface area contributed by atoms with E-state index in [0.717, 1.165) is 11.7 Å². The third kappa shape index (κ3) is 7.63. The van der Waals surface area contributed by atoms with Crippen molar-refractivity contribution in [3.05, 3.63) is 88.8 Å². The Hall–Kier alpha value is -4.23. The molecule has 0 radical (unpaired) electrons. The van der Waals surface area contributed by atoms with E-state index < -0.39 is 10.0 Å². The highest BCUT2D eigenvalue weighted by Gasteiger charge is 2.21. The molecule has 2 aromatic heterocycles. The quantitative estimate of drug-likeness (QED) is 0.228. The molecule has 0 aliphatic carbocycles. The second kappa shape index (κ2) is 12.8. The number of anilines is 1. The van der Waals surface area contributed by atoms with Gasteiger partial charge < -0.3 is 18.9 Å². The predicted molar refractivity (Wildman–Crippen MR) is 144 cm³/mol. The lowest BCUT2D eigenvalue weighted by molar-refractivity contribution is 0.197. The van der Waals surface area contributed by atoms with Crippen LogP contribution < -0.4 is 23.7 Å². The van der Waals surface area contributed by atoms with Crippen LogP contribution in [0.3, 0.4) is 0 Å². The Kier molecular flexibility index (Phi) is 9.06. The Morgan fingerprint density at radius 2 is 1.58 bits per heavy atom. The van der Waals surface area contributed by atoms with E-state index >= 15 is 0 Å². The molecule has 0 amide bonds. The Morgan fingerprint density at radius 1 is 0.895 bits per heavy atom. The van der Waals surface area contributed by atoms with Crippen LogP contribution >= 0.6 is 15.9 Å². The molecule has 196 valence electrons. The number of hydrogen-bond donors (Lipinski definition) is 1. The second-order valence-corrected chi connectivity index (χ2v) is 9.83. The minimum absolute atomic E-state index is 0.0176. The van der Waals surface area contributed by atoms with Crippen molar-refractivity contribution in [2.75, 3.05) is 25.0 Å². The van der Waals surface area contributed by atoms with E-state index in [1.807, 2.05) is 6.07 Å². The summed E-state index contributed by atoms with van der Waals surface area (Å²) in [6.07, 6.45) is 5.72. The Bertz CT molecular complexity index is 1490. The Labute approximate surface area is 227 Å². The average molecular weight is 600 g/mol. The van der Waals surface area contributed by atoms with E-state index in [9.17, 15) is 8.42 Å². The van der Waals surface area contributed by atoms with E-state index in [-0.39, 0.29) is 36.7 Å². The van der Waals surface area contributed by atoms with Gasteiger partial charge in [0.05, 0.1) is 17.0 Å². The number of para-hydroxylation sites is 2. The first-order chi connectivity index (χ1) is 18.4. The highest BCUT2D eigenvalue weighted by Crippen LogP contribution is 2.39. The molecule has 0 atom stereocenters. The molecule has 0 spiro atoms. The summed E-state index contributed by atoms with van der Waals surface area (Å²) in [6.45, 7) is 0.111. The first-order valence-electron chi connectivity index (χ1n) is 11.1. The third-order valence-electron chi connectivity index (χ3n) is 4.68. The van der Waals surface area contributed by atoms with Crippen LogP contribution in [0.5, 0.6) is 29.1 Å². The molecule has 13 heteroatoms. The summed E-state index contributed by atoms with van der Waals surface area (Å²) in [6, 6.07) is 16.0. The van der Waals surface area contributed by atoms with Gasteiger partial charge in [-0.3, -0.25) is 4.72 Å². The summed E-state index contributed by atoms with van der Waals surface area (Å²) in [7, 11) is -2.49. The van der Waals surface area contributed by atoms with Crippen LogP contribution in [-0.4, -0.2) is 48.7 Å². The summed E-state index contributed by atoms with van der Waals surface area (Å²) >= 11 is 3.26. The summed E-state index contributed by atoms with van der Waals surface area (Å²) in [5, 5.41) is 1.03. The minimum atomic E-state index is -3.98. The number of ether oxygens (including phenoxy) is 4. The Morgan fingerprint density at radius 3 is 2.32 bits per heavy atom. The molecule has 11 nitrogen and oxygen atoms in total. The van der Waals surface area contributed by atoms with Crippen molar-refractivity contribution >= 4 is 37.8 Å². The molecule has 0 saturated carbocycles. The number of methoxy groups -OCH3 is 1. The lowest BCUT2D eigenvalue weighted by Crippen LogP contribution is -2.14. The average Bonchev–Trinajstić information content (AvgIpc) is 2.93. The molecule has 0 saturated heterocycles. The van der Waals surface area contributed by atoms with Crippen molar-refractivity contribution in [2.24, 2.45) is 0 Å². The number of benzene rings is 2. The van der Waals surface area contributed by atoms with Gasteiger partial charge >= 0.3 is 6.01 Å². The standard InChI is InChI=1S/C25H22BrN5O6S/c1-34-20-9-5-6-10-21(20)37-22-23(31-38(32,33)14-11-18-7-3-2-4-8-18)29-17-30-24(22)35-12-13-36-25-27-15-19(26)16-28-25/h2-11,14-17H,12-13H2,1H3,(H,29,30,31)/b14-11+. The van der Waals surface area contributed by atoms with Gasteiger partial charge in [0, 0.05) is 12.4 Å². The van der Waals surface area contributed by atoms with Gasteiger partial charge in [-0.2, -0.15) is 4.98 Å². The maximum atomic E-state index is 12.8. The van der Waals surface area contributed by atoms with Gasteiger partial charge in [0.2, 0.25) is 5.75 Å². The van der Waals surface area contributed by atoms with Crippen molar-refractivity contribution in [3.8, 4) is 29.1 Å². The largest absolute Gasteiger partial charge is 0.493 e. The number of sulfonamides is 1. The SMILES string of the molecule is COc1ccccc1Oc1c(NS(=O)(=O)/C=C/c2ccccc2)ncnc1OCCOc1ncc(Br)cn1. The van der Waals surface area contributed by atoms with Gasteiger partial charge in [0.15, 0.2) is 17.3 Å². The fraction of sp³-hybridized carbons (Fsp3) is 0.120. The number of rotatable bonds is 12. The smallest absolute Gasteiger partial charge is 0.316 e. The van der Waals surface area contributed by atoms with Gasteiger partial charge in [-0.05, 0) is 39.7 Å². The third-order valence-corrected chi connectivity index (χ3v) is 6.06. The van der Waals surface area contributed by atoms with Gasteiger partial charge in [0.1, 0.15) is 19.5 Å². The highest BCUT2D eigenvalue weighted by molar-refractivity contribution is 9.10. The van der Waals surface area contributed by atoms with Crippen molar-refractivity contribution in [1.82, 2.24) is 19.9 Å². The van der Waals surface area contributed by atoms with Crippen LogP contribution in [-0.2, 0) is 10.0 Å². The number of aromatic nitrogens is 4. The monoisotopic (exact) mass is 599 g/mol. The molecule has 0 fully saturated rings. The minimum Gasteiger partial charge on any atom is -0.493 e. The first kappa shape index (κ1) is 26.8. The van der Waals surface area contributed by atoms with Gasteiger partial charge in [0.25, 0.3) is 15.9 Å².